The summed E-state index contributed by atoms with van der Waals surface area (Å²) in [6.45, 7) is 3.36. The van der Waals surface area contributed by atoms with Crippen LogP contribution in [0.3, 0.4) is 0 Å². The van der Waals surface area contributed by atoms with Gasteiger partial charge in [0.05, 0.1) is 18.3 Å². The number of tetrazole rings is 1. The summed E-state index contributed by atoms with van der Waals surface area (Å²) in [7, 11) is 0. The third-order valence-electron chi connectivity index (χ3n) is 4.35. The van der Waals surface area contributed by atoms with E-state index in [1.807, 2.05) is 35.0 Å². The van der Waals surface area contributed by atoms with Crippen molar-refractivity contribution in [1.82, 2.24) is 25.1 Å². The number of hydrogen-bond donors (Lipinski definition) is 0. The molecule has 6 nitrogen and oxygen atoms in total. The highest BCUT2D eigenvalue weighted by Crippen LogP contribution is 2.19. The highest BCUT2D eigenvalue weighted by molar-refractivity contribution is 7.09. The van der Waals surface area contributed by atoms with Crippen molar-refractivity contribution in [2.24, 2.45) is 0 Å². The monoisotopic (exact) mass is 355 g/mol. The van der Waals surface area contributed by atoms with Crippen molar-refractivity contribution in [2.75, 3.05) is 13.2 Å². The molecule has 0 aliphatic carbocycles. The molecule has 130 valence electrons. The van der Waals surface area contributed by atoms with Crippen LogP contribution in [0.1, 0.15) is 23.5 Å². The molecule has 2 aromatic heterocycles. The zero-order chi connectivity index (χ0) is 16.9. The lowest BCUT2D eigenvalue weighted by atomic mass is 10.2. The topological polar surface area (TPSA) is 56.1 Å². The molecule has 0 N–H and O–H groups in total. The van der Waals surface area contributed by atoms with Crippen molar-refractivity contribution in [2.45, 2.75) is 32.0 Å². The van der Waals surface area contributed by atoms with Crippen molar-refractivity contribution in [3.05, 3.63) is 58.5 Å². The lowest BCUT2D eigenvalue weighted by Gasteiger charge is -2.24. The molecule has 4 rings (SSSR count). The first-order valence-electron chi connectivity index (χ1n) is 8.57. The van der Waals surface area contributed by atoms with Crippen molar-refractivity contribution in [3.8, 4) is 5.69 Å². The van der Waals surface area contributed by atoms with E-state index in [1.165, 1.54) is 4.88 Å². The summed E-state index contributed by atoms with van der Waals surface area (Å²) in [5.41, 5.74) is 0.982. The molecular formula is C18H21N5OS. The van der Waals surface area contributed by atoms with Crippen LogP contribution in [-0.2, 0) is 17.8 Å². The number of para-hydroxylation sites is 1. The van der Waals surface area contributed by atoms with Gasteiger partial charge in [-0.05, 0) is 46.8 Å². The highest BCUT2D eigenvalue weighted by atomic mass is 32.1. The van der Waals surface area contributed by atoms with Crippen LogP contribution < -0.4 is 0 Å². The van der Waals surface area contributed by atoms with Crippen LogP contribution >= 0.6 is 11.3 Å². The first-order valence-corrected chi connectivity index (χ1v) is 9.45. The molecule has 1 unspecified atom stereocenters. The lowest BCUT2D eigenvalue weighted by molar-refractivity contribution is 0.0671. The van der Waals surface area contributed by atoms with Gasteiger partial charge in [0.15, 0.2) is 5.82 Å². The van der Waals surface area contributed by atoms with Crippen molar-refractivity contribution < 1.29 is 4.74 Å². The van der Waals surface area contributed by atoms with Crippen LogP contribution in [-0.4, -0.2) is 44.4 Å². The third-order valence-corrected chi connectivity index (χ3v) is 5.21. The Hall–Kier alpha value is -2.09. The van der Waals surface area contributed by atoms with Gasteiger partial charge in [-0.1, -0.05) is 24.3 Å². The Balaban J connectivity index is 1.53. The van der Waals surface area contributed by atoms with E-state index in [1.54, 1.807) is 11.3 Å². The standard InChI is InChI=1S/C18H21N5OS/c1-2-6-15(7-3-1)23-18(19-20-21-23)14-22(12-16-8-4-10-24-16)13-17-9-5-11-25-17/h1-3,5-7,9,11,16H,4,8,10,12-14H2. The first-order chi connectivity index (χ1) is 12.4. The number of ether oxygens (including phenoxy) is 1. The Bertz CT molecular complexity index is 768. The molecule has 3 heterocycles. The first kappa shape index (κ1) is 16.4. The smallest absolute Gasteiger partial charge is 0.170 e. The Kier molecular flexibility index (Phi) is 5.15. The number of nitrogens with zero attached hydrogens (tertiary/aromatic N) is 5. The predicted molar refractivity (Wildman–Crippen MR) is 96.6 cm³/mol. The molecule has 25 heavy (non-hydrogen) atoms. The van der Waals surface area contributed by atoms with E-state index in [4.69, 9.17) is 4.74 Å². The summed E-state index contributed by atoms with van der Waals surface area (Å²) in [5.74, 6) is 0.848. The maximum atomic E-state index is 5.84. The van der Waals surface area contributed by atoms with E-state index in [2.05, 4.69) is 37.9 Å². The molecule has 1 aromatic carbocycles. The molecule has 1 aliphatic heterocycles. The van der Waals surface area contributed by atoms with E-state index in [0.717, 1.165) is 44.0 Å². The van der Waals surface area contributed by atoms with Crippen molar-refractivity contribution >= 4 is 11.3 Å². The largest absolute Gasteiger partial charge is 0.377 e. The van der Waals surface area contributed by atoms with Gasteiger partial charge in [0.1, 0.15) is 0 Å². The van der Waals surface area contributed by atoms with Crippen molar-refractivity contribution in [3.63, 3.8) is 0 Å². The summed E-state index contributed by atoms with van der Waals surface area (Å²) >= 11 is 1.78. The van der Waals surface area contributed by atoms with Crippen molar-refractivity contribution in [1.29, 1.82) is 0 Å². The number of thiophene rings is 1. The molecule has 1 aliphatic rings. The Morgan fingerprint density at radius 2 is 2.08 bits per heavy atom. The Morgan fingerprint density at radius 1 is 1.16 bits per heavy atom. The molecule has 0 spiro atoms. The molecule has 0 saturated carbocycles. The molecule has 0 amide bonds. The highest BCUT2D eigenvalue weighted by Gasteiger charge is 2.21. The van der Waals surface area contributed by atoms with Crippen LogP contribution in [0.15, 0.2) is 47.8 Å². The van der Waals surface area contributed by atoms with E-state index < -0.39 is 0 Å². The molecule has 1 atom stereocenters. The van der Waals surface area contributed by atoms with Crippen LogP contribution in [0, 0.1) is 0 Å². The molecule has 0 radical (unpaired) electrons. The van der Waals surface area contributed by atoms with Gasteiger partial charge in [0.2, 0.25) is 0 Å². The minimum Gasteiger partial charge on any atom is -0.377 e. The normalized spacial score (nSPS) is 17.4. The third kappa shape index (κ3) is 4.12. The SMILES string of the molecule is c1ccc(-n2nnnc2CN(Cc2cccs2)CC2CCCO2)cc1. The van der Waals surface area contributed by atoms with Gasteiger partial charge in [0.25, 0.3) is 0 Å². The van der Waals surface area contributed by atoms with E-state index in [-0.39, 0.29) is 0 Å². The molecule has 7 heteroatoms. The Morgan fingerprint density at radius 3 is 2.84 bits per heavy atom. The predicted octanol–water partition coefficient (Wildman–Crippen LogP) is 2.91. The van der Waals surface area contributed by atoms with Gasteiger partial charge in [-0.2, -0.15) is 4.68 Å². The summed E-state index contributed by atoms with van der Waals surface area (Å²) in [6, 6.07) is 14.3. The number of aromatic nitrogens is 4. The summed E-state index contributed by atoms with van der Waals surface area (Å²) in [5, 5.41) is 14.4. The van der Waals surface area contributed by atoms with E-state index >= 15 is 0 Å². The fourth-order valence-electron chi connectivity index (χ4n) is 3.16. The zero-order valence-electron chi connectivity index (χ0n) is 14.0. The second kappa shape index (κ2) is 7.86. The number of benzene rings is 1. The number of hydrogen-bond acceptors (Lipinski definition) is 6. The van der Waals surface area contributed by atoms with Gasteiger partial charge in [-0.15, -0.1) is 16.4 Å². The maximum Gasteiger partial charge on any atom is 0.170 e. The minimum absolute atomic E-state index is 0.306. The molecule has 1 fully saturated rings. The Labute approximate surface area is 151 Å². The molecule has 0 bridgehead atoms. The second-order valence-electron chi connectivity index (χ2n) is 6.23. The van der Waals surface area contributed by atoms with Gasteiger partial charge in [-0.25, -0.2) is 0 Å². The molecule has 3 aromatic rings. The quantitative estimate of drug-likeness (QED) is 0.652. The van der Waals surface area contributed by atoms with Gasteiger partial charge >= 0.3 is 0 Å². The lowest BCUT2D eigenvalue weighted by Crippen LogP contribution is -2.32. The minimum atomic E-state index is 0.306. The van der Waals surface area contributed by atoms with Crippen LogP contribution in [0.2, 0.25) is 0 Å². The van der Waals surface area contributed by atoms with E-state index in [0.29, 0.717) is 12.6 Å². The van der Waals surface area contributed by atoms with Gasteiger partial charge in [0, 0.05) is 24.6 Å². The summed E-state index contributed by atoms with van der Waals surface area (Å²) in [4.78, 5) is 3.73. The number of rotatable bonds is 7. The maximum absolute atomic E-state index is 5.84. The zero-order valence-corrected chi connectivity index (χ0v) is 14.8. The van der Waals surface area contributed by atoms with Crippen LogP contribution in [0.25, 0.3) is 5.69 Å². The average Bonchev–Trinajstić information content (AvgIpc) is 3.38. The second-order valence-corrected chi connectivity index (χ2v) is 7.26. The summed E-state index contributed by atoms with van der Waals surface area (Å²) < 4.78 is 7.66. The van der Waals surface area contributed by atoms with Crippen LogP contribution in [0.5, 0.6) is 0 Å². The van der Waals surface area contributed by atoms with Gasteiger partial charge < -0.3 is 4.74 Å². The van der Waals surface area contributed by atoms with Crippen LogP contribution in [0.4, 0.5) is 0 Å². The fourth-order valence-corrected chi connectivity index (χ4v) is 3.90. The summed E-state index contributed by atoms with van der Waals surface area (Å²) in [6.07, 6.45) is 2.59. The molecule has 1 saturated heterocycles. The van der Waals surface area contributed by atoms with Gasteiger partial charge in [-0.3, -0.25) is 4.90 Å². The fraction of sp³-hybridized carbons (Fsp3) is 0.389. The average molecular weight is 355 g/mol. The van der Waals surface area contributed by atoms with E-state index in [9.17, 15) is 0 Å². The molecular weight excluding hydrogens is 334 g/mol.